The first-order valence-electron chi connectivity index (χ1n) is 3.13. The molecule has 1 rings (SSSR count). The van der Waals surface area contributed by atoms with Crippen LogP contribution in [0.15, 0.2) is 21.0 Å². The summed E-state index contributed by atoms with van der Waals surface area (Å²) in [6, 6.07) is 0. The van der Waals surface area contributed by atoms with E-state index in [2.05, 4.69) is 0 Å². The summed E-state index contributed by atoms with van der Waals surface area (Å²) in [5.41, 5.74) is 0. The Labute approximate surface area is 80.4 Å². The first kappa shape index (κ1) is 10.1. The van der Waals surface area contributed by atoms with Crippen molar-refractivity contribution in [3.63, 3.8) is 0 Å². The lowest BCUT2D eigenvalue weighted by atomic mass is 10.2. The van der Waals surface area contributed by atoms with Crippen LogP contribution in [0.1, 0.15) is 12.8 Å². The van der Waals surface area contributed by atoms with Crippen molar-refractivity contribution in [2.75, 3.05) is 0 Å². The lowest BCUT2D eigenvalue weighted by Gasteiger charge is -2.09. The van der Waals surface area contributed by atoms with Crippen molar-refractivity contribution in [2.24, 2.45) is 0 Å². The van der Waals surface area contributed by atoms with Gasteiger partial charge in [-0.3, -0.25) is 4.55 Å². The predicted molar refractivity (Wildman–Crippen MR) is 47.6 cm³/mol. The minimum Gasteiger partial charge on any atom is -0.282 e. The summed E-state index contributed by atoms with van der Waals surface area (Å²) in [6.45, 7) is 0. The molecule has 12 heavy (non-hydrogen) atoms. The van der Waals surface area contributed by atoms with Gasteiger partial charge in [0.1, 0.15) is 4.91 Å². The predicted octanol–water partition coefficient (Wildman–Crippen LogP) is 2.24. The van der Waals surface area contributed by atoms with Gasteiger partial charge in [-0.2, -0.15) is 8.42 Å². The fraction of sp³-hybridized carbons (Fsp3) is 0.333. The molecule has 6 heteroatoms. The lowest BCUT2D eigenvalue weighted by Crippen LogP contribution is -2.04. The van der Waals surface area contributed by atoms with Crippen LogP contribution in [0.4, 0.5) is 0 Å². The van der Waals surface area contributed by atoms with Gasteiger partial charge in [0.05, 0.1) is 0 Å². The number of halogens is 2. The Morgan fingerprint density at radius 3 is 2.33 bits per heavy atom. The third-order valence-corrected chi connectivity index (χ3v) is 3.14. The molecule has 0 fully saturated rings. The van der Waals surface area contributed by atoms with Crippen LogP contribution in [-0.4, -0.2) is 13.0 Å². The maximum Gasteiger partial charge on any atom is 0.295 e. The summed E-state index contributed by atoms with van der Waals surface area (Å²) in [4.78, 5) is -0.291. The number of allylic oxidation sites excluding steroid dienone is 3. The minimum atomic E-state index is -4.22. The van der Waals surface area contributed by atoms with Gasteiger partial charge in [-0.15, -0.1) is 0 Å². The molecule has 0 aromatic heterocycles. The number of hydrogen-bond acceptors (Lipinski definition) is 2. The van der Waals surface area contributed by atoms with Crippen LogP contribution in [0.2, 0.25) is 0 Å². The van der Waals surface area contributed by atoms with Crippen molar-refractivity contribution in [1.29, 1.82) is 0 Å². The Hall–Kier alpha value is -0.0300. The van der Waals surface area contributed by atoms with Crippen molar-refractivity contribution >= 4 is 33.3 Å². The average Bonchev–Trinajstić information content (AvgIpc) is 1.92. The summed E-state index contributed by atoms with van der Waals surface area (Å²) < 4.78 is 30.0. The van der Waals surface area contributed by atoms with Gasteiger partial charge < -0.3 is 0 Å². The highest BCUT2D eigenvalue weighted by atomic mass is 35.5. The zero-order valence-corrected chi connectivity index (χ0v) is 8.25. The second-order valence-electron chi connectivity index (χ2n) is 2.34. The maximum absolute atomic E-state index is 10.7. The second kappa shape index (κ2) is 3.38. The van der Waals surface area contributed by atoms with E-state index in [0.29, 0.717) is 17.9 Å². The van der Waals surface area contributed by atoms with E-state index >= 15 is 0 Å². The fourth-order valence-electron chi connectivity index (χ4n) is 0.859. The van der Waals surface area contributed by atoms with Gasteiger partial charge in [0.25, 0.3) is 10.1 Å². The standard InChI is InChI=1S/C6H6Cl2O3S/c7-4-1-2-5(8)6(3-4)12(9,10)11/h3H,1-2H2,(H,9,10,11). The average molecular weight is 229 g/mol. The molecule has 0 heterocycles. The minimum absolute atomic E-state index is 0.127. The molecule has 0 unspecified atom stereocenters. The van der Waals surface area contributed by atoms with Gasteiger partial charge in [0, 0.05) is 10.1 Å². The van der Waals surface area contributed by atoms with E-state index < -0.39 is 10.1 Å². The van der Waals surface area contributed by atoms with Crippen LogP contribution in [-0.2, 0) is 10.1 Å². The highest BCUT2D eigenvalue weighted by Gasteiger charge is 2.20. The molecule has 0 saturated carbocycles. The van der Waals surface area contributed by atoms with Gasteiger partial charge in [-0.1, -0.05) is 23.2 Å². The smallest absolute Gasteiger partial charge is 0.282 e. The molecular weight excluding hydrogens is 223 g/mol. The van der Waals surface area contributed by atoms with Gasteiger partial charge in [-0.25, -0.2) is 0 Å². The highest BCUT2D eigenvalue weighted by Crippen LogP contribution is 2.30. The summed E-state index contributed by atoms with van der Waals surface area (Å²) in [5, 5.41) is 0.508. The molecule has 1 aliphatic rings. The quantitative estimate of drug-likeness (QED) is 0.701. The van der Waals surface area contributed by atoms with E-state index in [9.17, 15) is 8.42 Å². The van der Waals surface area contributed by atoms with Crippen LogP contribution in [0, 0.1) is 0 Å². The molecule has 0 saturated heterocycles. The van der Waals surface area contributed by atoms with Gasteiger partial charge in [0.15, 0.2) is 0 Å². The van der Waals surface area contributed by atoms with Gasteiger partial charge >= 0.3 is 0 Å². The molecule has 0 spiro atoms. The first-order chi connectivity index (χ1) is 5.41. The maximum atomic E-state index is 10.7. The van der Waals surface area contributed by atoms with Crippen LogP contribution in [0.3, 0.4) is 0 Å². The zero-order chi connectivity index (χ0) is 9.35. The summed E-state index contributed by atoms with van der Waals surface area (Å²) >= 11 is 11.1. The molecule has 1 aliphatic carbocycles. The Bertz CT molecular complexity index is 353. The van der Waals surface area contributed by atoms with Crippen LogP contribution in [0.5, 0.6) is 0 Å². The molecular formula is C6H6Cl2O3S. The molecule has 3 nitrogen and oxygen atoms in total. The molecule has 0 bridgehead atoms. The largest absolute Gasteiger partial charge is 0.295 e. The van der Waals surface area contributed by atoms with Crippen LogP contribution < -0.4 is 0 Å². The summed E-state index contributed by atoms with van der Waals surface area (Å²) in [6.07, 6.45) is 2.04. The highest BCUT2D eigenvalue weighted by molar-refractivity contribution is 7.90. The van der Waals surface area contributed by atoms with Crippen molar-refractivity contribution in [2.45, 2.75) is 12.8 Å². The molecule has 0 amide bonds. The SMILES string of the molecule is O=S(=O)(O)C1=C(Cl)CCC(Cl)=C1. The van der Waals surface area contributed by atoms with E-state index in [0.717, 1.165) is 0 Å². The Morgan fingerprint density at radius 1 is 1.33 bits per heavy atom. The lowest BCUT2D eigenvalue weighted by molar-refractivity contribution is 0.491. The number of hydrogen-bond donors (Lipinski definition) is 1. The van der Waals surface area contributed by atoms with Crippen molar-refractivity contribution in [3.8, 4) is 0 Å². The van der Waals surface area contributed by atoms with Crippen LogP contribution in [0.25, 0.3) is 0 Å². The van der Waals surface area contributed by atoms with Crippen molar-refractivity contribution in [1.82, 2.24) is 0 Å². The second-order valence-corrected chi connectivity index (χ2v) is 4.67. The van der Waals surface area contributed by atoms with E-state index in [1.807, 2.05) is 0 Å². The Kier molecular flexibility index (Phi) is 2.83. The third-order valence-electron chi connectivity index (χ3n) is 1.42. The summed E-state index contributed by atoms with van der Waals surface area (Å²) in [7, 11) is -4.22. The Morgan fingerprint density at radius 2 is 1.92 bits per heavy atom. The number of rotatable bonds is 1. The van der Waals surface area contributed by atoms with Gasteiger partial charge in [-0.05, 0) is 18.9 Å². The van der Waals surface area contributed by atoms with E-state index in [1.165, 1.54) is 6.08 Å². The van der Waals surface area contributed by atoms with Crippen molar-refractivity contribution < 1.29 is 13.0 Å². The van der Waals surface area contributed by atoms with E-state index in [1.54, 1.807) is 0 Å². The third kappa shape index (κ3) is 2.23. The van der Waals surface area contributed by atoms with E-state index in [-0.39, 0.29) is 9.94 Å². The fourth-order valence-corrected chi connectivity index (χ4v) is 2.24. The molecule has 0 aliphatic heterocycles. The molecule has 68 valence electrons. The first-order valence-corrected chi connectivity index (χ1v) is 5.33. The summed E-state index contributed by atoms with van der Waals surface area (Å²) in [5.74, 6) is 0. The topological polar surface area (TPSA) is 54.4 Å². The van der Waals surface area contributed by atoms with Gasteiger partial charge in [0.2, 0.25) is 0 Å². The molecule has 0 aromatic carbocycles. The molecule has 0 aromatic rings. The normalized spacial score (nSPS) is 19.4. The molecule has 1 N–H and O–H groups in total. The monoisotopic (exact) mass is 228 g/mol. The van der Waals surface area contributed by atoms with Crippen molar-refractivity contribution in [3.05, 3.63) is 21.0 Å². The zero-order valence-electron chi connectivity index (χ0n) is 5.92. The molecule has 0 radical (unpaired) electrons. The Balaban J connectivity index is 3.19. The van der Waals surface area contributed by atoms with Crippen LogP contribution >= 0.6 is 23.2 Å². The molecule has 0 atom stereocenters. The van der Waals surface area contributed by atoms with E-state index in [4.69, 9.17) is 27.8 Å².